The third kappa shape index (κ3) is 5.41. The molecule has 0 bridgehead atoms. The van der Waals surface area contributed by atoms with Gasteiger partial charge in [-0.05, 0) is 70.1 Å². The molecule has 2 aromatic carbocycles. The third-order valence-corrected chi connectivity index (χ3v) is 10.7. The first-order valence-corrected chi connectivity index (χ1v) is 13.4. The smallest absolute Gasteiger partial charge is 0.192 e. The van der Waals surface area contributed by atoms with Crippen LogP contribution in [0.3, 0.4) is 0 Å². The Morgan fingerprint density at radius 3 is 2.13 bits per heavy atom. The van der Waals surface area contributed by atoms with Crippen LogP contribution in [0.15, 0.2) is 43.0 Å². The molecule has 2 rings (SSSR count). The van der Waals surface area contributed by atoms with Crippen molar-refractivity contribution < 1.29 is 13.6 Å². The van der Waals surface area contributed by atoms with Gasteiger partial charge in [-0.3, -0.25) is 0 Å². The van der Waals surface area contributed by atoms with Gasteiger partial charge in [-0.15, -0.1) is 0 Å². The van der Waals surface area contributed by atoms with Crippen LogP contribution < -0.4 is 4.74 Å². The van der Waals surface area contributed by atoms with Crippen LogP contribution in [0.4, 0.5) is 4.39 Å². The van der Waals surface area contributed by atoms with Crippen LogP contribution in [0.5, 0.6) is 5.75 Å². The molecule has 0 spiro atoms. The fraction of sp³-hybridized carbons (Fsp3) is 0.462. The summed E-state index contributed by atoms with van der Waals surface area (Å²) in [5, 5.41) is 0.147. The highest BCUT2D eigenvalue weighted by Gasteiger charge is 2.37. The van der Waals surface area contributed by atoms with Gasteiger partial charge in [0.25, 0.3) is 0 Å². The highest BCUT2D eigenvalue weighted by atomic mass is 28.4. The zero-order valence-electron chi connectivity index (χ0n) is 20.1. The molecule has 0 aliphatic carbocycles. The number of ether oxygens (including phenoxy) is 1. The van der Waals surface area contributed by atoms with Gasteiger partial charge in [0.1, 0.15) is 11.6 Å². The van der Waals surface area contributed by atoms with Crippen molar-refractivity contribution in [3.05, 3.63) is 59.9 Å². The Bertz CT molecular complexity index is 918. The topological polar surface area (TPSA) is 18.5 Å². The van der Waals surface area contributed by atoms with Crippen LogP contribution in [0.2, 0.25) is 18.1 Å². The van der Waals surface area contributed by atoms with Crippen molar-refractivity contribution in [2.45, 2.75) is 66.3 Å². The number of benzene rings is 2. The van der Waals surface area contributed by atoms with Gasteiger partial charge in [0.05, 0.1) is 13.7 Å². The lowest BCUT2D eigenvalue weighted by Gasteiger charge is -2.36. The van der Waals surface area contributed by atoms with Gasteiger partial charge in [0, 0.05) is 5.56 Å². The van der Waals surface area contributed by atoms with E-state index in [-0.39, 0.29) is 16.3 Å². The van der Waals surface area contributed by atoms with Crippen LogP contribution in [0, 0.1) is 11.2 Å². The molecule has 0 aliphatic rings. The van der Waals surface area contributed by atoms with Crippen molar-refractivity contribution >= 4 is 13.9 Å². The molecule has 164 valence electrons. The molecule has 0 aromatic heterocycles. The highest BCUT2D eigenvalue weighted by molar-refractivity contribution is 6.74. The van der Waals surface area contributed by atoms with E-state index in [1.165, 1.54) is 6.07 Å². The van der Waals surface area contributed by atoms with Gasteiger partial charge in [-0.2, -0.15) is 0 Å². The van der Waals surface area contributed by atoms with E-state index < -0.39 is 8.32 Å². The van der Waals surface area contributed by atoms with E-state index in [0.717, 1.165) is 22.3 Å². The van der Waals surface area contributed by atoms with E-state index in [9.17, 15) is 4.39 Å². The minimum Gasteiger partial charge on any atom is -0.497 e. The Morgan fingerprint density at radius 1 is 0.967 bits per heavy atom. The monoisotopic (exact) mass is 428 g/mol. The fourth-order valence-electron chi connectivity index (χ4n) is 2.89. The SMILES string of the molecule is C=C(c1cc(CO[Si](C)(C)C(C)(C)C)ccc1-c1cc(OC)ccc1F)C(C)(C)C. The minimum atomic E-state index is -1.87. The molecule has 0 saturated carbocycles. The first-order valence-electron chi connectivity index (χ1n) is 10.5. The van der Waals surface area contributed by atoms with Crippen molar-refractivity contribution in [3.8, 4) is 16.9 Å². The standard InChI is InChI=1S/C26H37FO2Si/c1-18(25(2,3)4)22-15-19(17-29-30(9,10)26(5,6)7)11-13-21(22)23-16-20(28-8)12-14-24(23)27/h11-16H,1,17H2,2-10H3. The predicted molar refractivity (Wildman–Crippen MR) is 129 cm³/mol. The van der Waals surface area contributed by atoms with Gasteiger partial charge in [0.15, 0.2) is 8.32 Å². The molecule has 2 aromatic rings. The summed E-state index contributed by atoms with van der Waals surface area (Å²) in [6.45, 7) is 22.5. The highest BCUT2D eigenvalue weighted by Crippen LogP contribution is 2.41. The number of allylic oxidation sites excluding steroid dienone is 1. The van der Waals surface area contributed by atoms with E-state index in [2.05, 4.69) is 67.3 Å². The first-order chi connectivity index (χ1) is 13.7. The fourth-order valence-corrected chi connectivity index (χ4v) is 3.85. The summed E-state index contributed by atoms with van der Waals surface area (Å²) >= 11 is 0. The number of hydrogen-bond acceptors (Lipinski definition) is 2. The quantitative estimate of drug-likeness (QED) is 0.433. The molecular weight excluding hydrogens is 391 g/mol. The molecule has 0 aliphatic heterocycles. The largest absolute Gasteiger partial charge is 0.497 e. The molecule has 0 fully saturated rings. The van der Waals surface area contributed by atoms with E-state index in [0.29, 0.717) is 17.9 Å². The van der Waals surface area contributed by atoms with E-state index in [4.69, 9.17) is 9.16 Å². The Hall–Kier alpha value is -1.91. The average Bonchev–Trinajstić information content (AvgIpc) is 2.64. The molecule has 0 saturated heterocycles. The Kier molecular flexibility index (Phi) is 7.05. The predicted octanol–water partition coefficient (Wildman–Crippen LogP) is 8.08. The summed E-state index contributed by atoms with van der Waals surface area (Å²) in [5.41, 5.74) is 4.18. The maximum atomic E-state index is 14.8. The van der Waals surface area contributed by atoms with Crippen molar-refractivity contribution in [3.63, 3.8) is 0 Å². The normalized spacial score (nSPS) is 12.7. The number of methoxy groups -OCH3 is 1. The van der Waals surface area contributed by atoms with Crippen LogP contribution in [0.1, 0.15) is 52.7 Å². The van der Waals surface area contributed by atoms with Gasteiger partial charge >= 0.3 is 0 Å². The molecule has 4 heteroatoms. The van der Waals surface area contributed by atoms with Gasteiger partial charge in [0.2, 0.25) is 0 Å². The molecule has 30 heavy (non-hydrogen) atoms. The molecule has 0 radical (unpaired) electrons. The molecule has 0 heterocycles. The van der Waals surface area contributed by atoms with E-state index >= 15 is 0 Å². The zero-order valence-corrected chi connectivity index (χ0v) is 21.1. The molecule has 0 atom stereocenters. The van der Waals surface area contributed by atoms with Gasteiger partial charge < -0.3 is 9.16 Å². The zero-order chi connectivity index (χ0) is 22.9. The summed E-state index contributed by atoms with van der Waals surface area (Å²) in [5.74, 6) is 0.355. The maximum absolute atomic E-state index is 14.8. The Labute approximate surface area is 183 Å². The van der Waals surface area contributed by atoms with Crippen molar-refractivity contribution in [2.24, 2.45) is 5.41 Å². The molecule has 0 N–H and O–H groups in total. The van der Waals surface area contributed by atoms with E-state index in [1.54, 1.807) is 19.2 Å². The lowest BCUT2D eigenvalue weighted by molar-refractivity contribution is 0.276. The van der Waals surface area contributed by atoms with E-state index in [1.807, 2.05) is 12.1 Å². The number of hydrogen-bond donors (Lipinski definition) is 0. The van der Waals surface area contributed by atoms with Gasteiger partial charge in [-0.1, -0.05) is 60.3 Å². The van der Waals surface area contributed by atoms with Crippen LogP contribution in [-0.2, 0) is 11.0 Å². The third-order valence-electron chi connectivity index (χ3n) is 6.18. The summed E-state index contributed by atoms with van der Waals surface area (Å²) in [6.07, 6.45) is 0. The lowest BCUT2D eigenvalue weighted by atomic mass is 9.80. The van der Waals surface area contributed by atoms with Crippen molar-refractivity contribution in [1.29, 1.82) is 0 Å². The molecular formula is C26H37FO2Si. The second-order valence-corrected chi connectivity index (χ2v) is 15.3. The number of rotatable bonds is 6. The Balaban J connectivity index is 2.54. The average molecular weight is 429 g/mol. The molecule has 2 nitrogen and oxygen atoms in total. The molecule has 0 amide bonds. The second-order valence-electron chi connectivity index (χ2n) is 10.5. The summed E-state index contributed by atoms with van der Waals surface area (Å²) in [7, 11) is -0.276. The summed E-state index contributed by atoms with van der Waals surface area (Å²) < 4.78 is 26.5. The lowest BCUT2D eigenvalue weighted by Crippen LogP contribution is -2.40. The first kappa shape index (κ1) is 24.4. The van der Waals surface area contributed by atoms with Crippen molar-refractivity contribution in [1.82, 2.24) is 0 Å². The maximum Gasteiger partial charge on any atom is 0.192 e. The second kappa shape index (κ2) is 8.68. The van der Waals surface area contributed by atoms with Crippen LogP contribution in [-0.4, -0.2) is 15.4 Å². The Morgan fingerprint density at radius 2 is 1.60 bits per heavy atom. The van der Waals surface area contributed by atoms with Gasteiger partial charge in [-0.25, -0.2) is 4.39 Å². The van der Waals surface area contributed by atoms with Crippen LogP contribution >= 0.6 is 0 Å². The van der Waals surface area contributed by atoms with Crippen LogP contribution in [0.25, 0.3) is 16.7 Å². The van der Waals surface area contributed by atoms with Crippen molar-refractivity contribution in [2.75, 3.05) is 7.11 Å². The number of halogens is 1. The summed E-state index contributed by atoms with van der Waals surface area (Å²) in [6, 6.07) is 10.9. The molecule has 0 unspecified atom stereocenters. The minimum absolute atomic E-state index is 0.147. The summed E-state index contributed by atoms with van der Waals surface area (Å²) in [4.78, 5) is 0.